The lowest BCUT2D eigenvalue weighted by Crippen LogP contribution is -2.58. The number of nitrogens with two attached hydrogens (primary N) is 1. The van der Waals surface area contributed by atoms with Crippen LogP contribution in [0.25, 0.3) is 0 Å². The van der Waals surface area contributed by atoms with Gasteiger partial charge >= 0.3 is 0 Å². The lowest BCUT2D eigenvalue weighted by atomic mass is 9.76. The summed E-state index contributed by atoms with van der Waals surface area (Å²) in [6, 6.07) is 5.65. The van der Waals surface area contributed by atoms with Gasteiger partial charge in [0.15, 0.2) is 11.5 Å². The molecule has 0 heterocycles. The predicted molar refractivity (Wildman–Crippen MR) is 76.8 cm³/mol. The number of benzene rings is 1. The molecular formula is C15H22N2O3. The predicted octanol–water partition coefficient (Wildman–Crippen LogP) is 1.54. The average Bonchev–Trinajstić information content (AvgIpc) is 2.43. The molecule has 1 aliphatic rings. The largest absolute Gasteiger partial charge is 0.493 e. The zero-order valence-electron chi connectivity index (χ0n) is 12.3. The smallest absolute Gasteiger partial charge is 0.242 e. The van der Waals surface area contributed by atoms with E-state index < -0.39 is 5.54 Å². The molecule has 5 heteroatoms. The maximum Gasteiger partial charge on any atom is 0.242 e. The molecule has 20 heavy (non-hydrogen) atoms. The lowest BCUT2D eigenvalue weighted by molar-refractivity contribution is -0.139. The molecule has 0 bridgehead atoms. The molecule has 0 saturated heterocycles. The van der Waals surface area contributed by atoms with E-state index in [1.165, 1.54) is 0 Å². The molecule has 0 radical (unpaired) electrons. The minimum Gasteiger partial charge on any atom is -0.493 e. The SMILES string of the molecule is COc1ccc(CN(C)C(=O)C2(N)CCC2)cc1OC. The first-order chi connectivity index (χ1) is 9.50. The van der Waals surface area contributed by atoms with E-state index in [1.54, 1.807) is 26.2 Å². The van der Waals surface area contributed by atoms with Gasteiger partial charge in [0.1, 0.15) is 0 Å². The summed E-state index contributed by atoms with van der Waals surface area (Å²) in [5.74, 6) is 1.36. The summed E-state index contributed by atoms with van der Waals surface area (Å²) in [5, 5.41) is 0. The molecule has 1 aromatic carbocycles. The second-order valence-corrected chi connectivity index (χ2v) is 5.36. The Labute approximate surface area is 119 Å². The van der Waals surface area contributed by atoms with Crippen molar-refractivity contribution in [3.63, 3.8) is 0 Å². The molecule has 1 aromatic rings. The fourth-order valence-electron chi connectivity index (χ4n) is 2.48. The van der Waals surface area contributed by atoms with Crippen molar-refractivity contribution in [3.05, 3.63) is 23.8 Å². The molecule has 0 aliphatic heterocycles. The van der Waals surface area contributed by atoms with Crippen LogP contribution in [0, 0.1) is 0 Å². The summed E-state index contributed by atoms with van der Waals surface area (Å²) in [4.78, 5) is 14.0. The molecule has 0 atom stereocenters. The van der Waals surface area contributed by atoms with E-state index in [0.29, 0.717) is 18.0 Å². The number of hydrogen-bond acceptors (Lipinski definition) is 4. The summed E-state index contributed by atoms with van der Waals surface area (Å²) in [5.41, 5.74) is 6.41. The summed E-state index contributed by atoms with van der Waals surface area (Å²) in [6.45, 7) is 0.512. The molecule has 5 nitrogen and oxygen atoms in total. The van der Waals surface area contributed by atoms with Crippen LogP contribution >= 0.6 is 0 Å². The van der Waals surface area contributed by atoms with Gasteiger partial charge in [-0.15, -0.1) is 0 Å². The quantitative estimate of drug-likeness (QED) is 0.887. The van der Waals surface area contributed by atoms with E-state index in [2.05, 4.69) is 0 Å². The van der Waals surface area contributed by atoms with E-state index in [4.69, 9.17) is 15.2 Å². The monoisotopic (exact) mass is 278 g/mol. The molecule has 1 amide bonds. The van der Waals surface area contributed by atoms with Crippen molar-refractivity contribution in [3.8, 4) is 11.5 Å². The number of hydrogen-bond donors (Lipinski definition) is 1. The minimum atomic E-state index is -0.648. The molecule has 2 N–H and O–H groups in total. The Morgan fingerprint density at radius 2 is 1.95 bits per heavy atom. The van der Waals surface area contributed by atoms with Crippen LogP contribution in [0.15, 0.2) is 18.2 Å². The van der Waals surface area contributed by atoms with Gasteiger partial charge < -0.3 is 20.1 Å². The third kappa shape index (κ3) is 2.72. The Morgan fingerprint density at radius 1 is 1.30 bits per heavy atom. The number of methoxy groups -OCH3 is 2. The third-order valence-corrected chi connectivity index (χ3v) is 3.89. The molecular weight excluding hydrogens is 256 g/mol. The van der Waals surface area contributed by atoms with Crippen molar-refractivity contribution < 1.29 is 14.3 Å². The number of nitrogens with zero attached hydrogens (tertiary/aromatic N) is 1. The highest BCUT2D eigenvalue weighted by Gasteiger charge is 2.41. The zero-order chi connectivity index (χ0) is 14.8. The van der Waals surface area contributed by atoms with Crippen LogP contribution < -0.4 is 15.2 Å². The van der Waals surface area contributed by atoms with Gasteiger partial charge in [0.05, 0.1) is 19.8 Å². The van der Waals surface area contributed by atoms with Crippen LogP contribution in [0.3, 0.4) is 0 Å². The molecule has 1 saturated carbocycles. The number of likely N-dealkylation sites (N-methyl/N-ethyl adjacent to an activating group) is 1. The summed E-state index contributed by atoms with van der Waals surface area (Å²) >= 11 is 0. The van der Waals surface area contributed by atoms with E-state index >= 15 is 0 Å². The highest BCUT2D eigenvalue weighted by molar-refractivity contribution is 5.86. The first-order valence-corrected chi connectivity index (χ1v) is 6.75. The Morgan fingerprint density at radius 3 is 2.45 bits per heavy atom. The molecule has 1 aliphatic carbocycles. The van der Waals surface area contributed by atoms with Crippen molar-refractivity contribution >= 4 is 5.91 Å². The molecule has 0 aromatic heterocycles. The Hall–Kier alpha value is -1.75. The van der Waals surface area contributed by atoms with Crippen LogP contribution in [-0.2, 0) is 11.3 Å². The van der Waals surface area contributed by atoms with Crippen LogP contribution in [0.2, 0.25) is 0 Å². The number of carbonyl (C=O) groups excluding carboxylic acids is 1. The zero-order valence-corrected chi connectivity index (χ0v) is 12.3. The highest BCUT2D eigenvalue weighted by Crippen LogP contribution is 2.32. The van der Waals surface area contributed by atoms with Crippen LogP contribution in [0.4, 0.5) is 0 Å². The minimum absolute atomic E-state index is 0.0125. The van der Waals surface area contributed by atoms with Crippen molar-refractivity contribution in [1.82, 2.24) is 4.90 Å². The standard InChI is InChI=1S/C15H22N2O3/c1-17(14(18)15(16)7-4-8-15)10-11-5-6-12(19-2)13(9-11)20-3/h5-6,9H,4,7-8,10,16H2,1-3H3. The Kier molecular flexibility index (Phi) is 4.18. The molecule has 2 rings (SSSR count). The number of rotatable bonds is 5. The van der Waals surface area contributed by atoms with Gasteiger partial charge in [-0.05, 0) is 37.0 Å². The van der Waals surface area contributed by atoms with Crippen LogP contribution in [0.1, 0.15) is 24.8 Å². The van der Waals surface area contributed by atoms with E-state index in [9.17, 15) is 4.79 Å². The Bertz CT molecular complexity index is 498. The van der Waals surface area contributed by atoms with Gasteiger partial charge in [0.2, 0.25) is 5.91 Å². The fourth-order valence-corrected chi connectivity index (χ4v) is 2.48. The second kappa shape index (κ2) is 5.71. The molecule has 0 spiro atoms. The van der Waals surface area contributed by atoms with Crippen molar-refractivity contribution in [2.45, 2.75) is 31.3 Å². The van der Waals surface area contributed by atoms with Gasteiger partial charge in [-0.2, -0.15) is 0 Å². The van der Waals surface area contributed by atoms with Gasteiger partial charge in [-0.25, -0.2) is 0 Å². The lowest BCUT2D eigenvalue weighted by Gasteiger charge is -2.39. The van der Waals surface area contributed by atoms with Gasteiger partial charge in [-0.3, -0.25) is 4.79 Å². The van der Waals surface area contributed by atoms with E-state index in [-0.39, 0.29) is 5.91 Å². The summed E-state index contributed by atoms with van der Waals surface area (Å²) < 4.78 is 10.5. The van der Waals surface area contributed by atoms with Crippen LogP contribution in [-0.4, -0.2) is 37.6 Å². The topological polar surface area (TPSA) is 64.8 Å². The highest BCUT2D eigenvalue weighted by atomic mass is 16.5. The van der Waals surface area contributed by atoms with E-state index in [1.807, 2.05) is 18.2 Å². The molecule has 0 unspecified atom stereocenters. The van der Waals surface area contributed by atoms with E-state index in [0.717, 1.165) is 24.8 Å². The van der Waals surface area contributed by atoms with Gasteiger partial charge in [0.25, 0.3) is 0 Å². The molecule has 110 valence electrons. The van der Waals surface area contributed by atoms with Crippen molar-refractivity contribution in [2.24, 2.45) is 5.73 Å². The normalized spacial score (nSPS) is 16.2. The van der Waals surface area contributed by atoms with Gasteiger partial charge in [0, 0.05) is 13.6 Å². The number of ether oxygens (including phenoxy) is 2. The third-order valence-electron chi connectivity index (χ3n) is 3.89. The second-order valence-electron chi connectivity index (χ2n) is 5.36. The number of amides is 1. The summed E-state index contributed by atoms with van der Waals surface area (Å²) in [7, 11) is 4.98. The molecule has 1 fully saturated rings. The van der Waals surface area contributed by atoms with Crippen LogP contribution in [0.5, 0.6) is 11.5 Å². The first-order valence-electron chi connectivity index (χ1n) is 6.75. The maximum atomic E-state index is 12.3. The summed E-state index contributed by atoms with van der Waals surface area (Å²) in [6.07, 6.45) is 2.59. The average molecular weight is 278 g/mol. The fraction of sp³-hybridized carbons (Fsp3) is 0.533. The first kappa shape index (κ1) is 14.7. The maximum absolute atomic E-state index is 12.3. The number of carbonyl (C=O) groups is 1. The van der Waals surface area contributed by atoms with Crippen molar-refractivity contribution in [1.29, 1.82) is 0 Å². The van der Waals surface area contributed by atoms with Crippen molar-refractivity contribution in [2.75, 3.05) is 21.3 Å². The Balaban J connectivity index is 2.07. The van der Waals surface area contributed by atoms with Gasteiger partial charge in [-0.1, -0.05) is 6.07 Å².